The van der Waals surface area contributed by atoms with Gasteiger partial charge in [0.1, 0.15) is 23.1 Å². The summed E-state index contributed by atoms with van der Waals surface area (Å²) in [6.07, 6.45) is 1.50. The molecule has 0 radical (unpaired) electrons. The molecule has 1 aromatic carbocycles. The molecule has 1 aliphatic carbocycles. The highest BCUT2D eigenvalue weighted by molar-refractivity contribution is 6.25. The van der Waals surface area contributed by atoms with Crippen molar-refractivity contribution >= 4 is 11.6 Å². The molecule has 5 nitrogen and oxygen atoms in total. The molecule has 0 saturated heterocycles. The maximum atomic E-state index is 12.8. The fourth-order valence-corrected chi connectivity index (χ4v) is 2.83. The summed E-state index contributed by atoms with van der Waals surface area (Å²) in [6.45, 7) is 0. The number of aromatic nitrogens is 1. The molecule has 5 heteroatoms. The first kappa shape index (κ1) is 12.4. The SMILES string of the molecule is N#Cc1c(N)nc(-c2ccco2)c2c1-c1ccccc1C2=O. The van der Waals surface area contributed by atoms with Gasteiger partial charge < -0.3 is 10.2 Å². The van der Waals surface area contributed by atoms with Crippen LogP contribution >= 0.6 is 0 Å². The summed E-state index contributed by atoms with van der Waals surface area (Å²) < 4.78 is 5.37. The molecular weight excluding hydrogens is 278 g/mol. The van der Waals surface area contributed by atoms with Gasteiger partial charge in [0.05, 0.1) is 11.8 Å². The van der Waals surface area contributed by atoms with Gasteiger partial charge in [-0.25, -0.2) is 4.98 Å². The molecule has 104 valence electrons. The van der Waals surface area contributed by atoms with Crippen LogP contribution in [0.3, 0.4) is 0 Å². The van der Waals surface area contributed by atoms with Crippen molar-refractivity contribution in [2.45, 2.75) is 0 Å². The summed E-state index contributed by atoms with van der Waals surface area (Å²) >= 11 is 0. The van der Waals surface area contributed by atoms with Crippen LogP contribution in [-0.4, -0.2) is 10.8 Å². The van der Waals surface area contributed by atoms with E-state index in [1.807, 2.05) is 12.1 Å². The summed E-state index contributed by atoms with van der Waals surface area (Å²) in [7, 11) is 0. The highest BCUT2D eigenvalue weighted by atomic mass is 16.3. The Bertz CT molecular complexity index is 966. The van der Waals surface area contributed by atoms with Gasteiger partial charge in [-0.3, -0.25) is 4.79 Å². The number of benzene rings is 1. The number of furan rings is 1. The van der Waals surface area contributed by atoms with Crippen molar-refractivity contribution < 1.29 is 9.21 Å². The smallest absolute Gasteiger partial charge is 0.196 e. The highest BCUT2D eigenvalue weighted by Gasteiger charge is 2.34. The Morgan fingerprint density at radius 1 is 1.09 bits per heavy atom. The van der Waals surface area contributed by atoms with Crippen molar-refractivity contribution in [3.05, 3.63) is 59.4 Å². The summed E-state index contributed by atoms with van der Waals surface area (Å²) in [4.78, 5) is 17.0. The maximum Gasteiger partial charge on any atom is 0.196 e. The number of nitriles is 1. The first-order valence-corrected chi connectivity index (χ1v) is 6.64. The van der Waals surface area contributed by atoms with Crippen LogP contribution in [0, 0.1) is 11.3 Å². The first-order valence-electron chi connectivity index (χ1n) is 6.64. The molecule has 0 fully saturated rings. The molecule has 2 N–H and O–H groups in total. The van der Waals surface area contributed by atoms with E-state index in [9.17, 15) is 10.1 Å². The zero-order valence-electron chi connectivity index (χ0n) is 11.3. The van der Waals surface area contributed by atoms with Gasteiger partial charge in [-0.05, 0) is 17.7 Å². The number of rotatable bonds is 1. The average molecular weight is 287 g/mol. The highest BCUT2D eigenvalue weighted by Crippen LogP contribution is 2.44. The van der Waals surface area contributed by atoms with E-state index >= 15 is 0 Å². The van der Waals surface area contributed by atoms with Crippen LogP contribution in [0.5, 0.6) is 0 Å². The Morgan fingerprint density at radius 2 is 1.86 bits per heavy atom. The van der Waals surface area contributed by atoms with E-state index in [1.54, 1.807) is 24.3 Å². The third-order valence-corrected chi connectivity index (χ3v) is 3.76. The molecule has 22 heavy (non-hydrogen) atoms. The number of carbonyl (C=O) groups excluding carboxylic acids is 1. The summed E-state index contributed by atoms with van der Waals surface area (Å²) in [5.74, 6) is 0.381. The number of anilines is 1. The summed E-state index contributed by atoms with van der Waals surface area (Å²) in [6, 6.07) is 12.6. The molecule has 2 heterocycles. The van der Waals surface area contributed by atoms with Gasteiger partial charge in [-0.2, -0.15) is 5.26 Å². The fraction of sp³-hybridized carbons (Fsp3) is 0. The number of nitrogens with two attached hydrogens (primary N) is 1. The molecule has 2 aromatic heterocycles. The second-order valence-corrected chi connectivity index (χ2v) is 4.93. The van der Waals surface area contributed by atoms with Crippen molar-refractivity contribution in [1.29, 1.82) is 5.26 Å². The number of ketones is 1. The van der Waals surface area contributed by atoms with Crippen molar-refractivity contribution in [3.8, 4) is 28.7 Å². The second-order valence-electron chi connectivity index (χ2n) is 4.93. The lowest BCUT2D eigenvalue weighted by atomic mass is 9.99. The lowest BCUT2D eigenvalue weighted by molar-refractivity contribution is 0.104. The molecular formula is C17H9N3O2. The Morgan fingerprint density at radius 3 is 2.55 bits per heavy atom. The minimum atomic E-state index is -0.166. The maximum absolute atomic E-state index is 12.8. The van der Waals surface area contributed by atoms with Crippen LogP contribution in [0.15, 0.2) is 47.1 Å². The topological polar surface area (TPSA) is 92.9 Å². The lowest BCUT2D eigenvalue weighted by Crippen LogP contribution is -2.05. The second kappa shape index (κ2) is 4.30. The quantitative estimate of drug-likeness (QED) is 0.581. The minimum absolute atomic E-state index is 0.0946. The van der Waals surface area contributed by atoms with E-state index in [1.165, 1.54) is 6.26 Å². The van der Waals surface area contributed by atoms with E-state index in [4.69, 9.17) is 10.2 Å². The van der Waals surface area contributed by atoms with Crippen molar-refractivity contribution in [1.82, 2.24) is 4.98 Å². The predicted molar refractivity (Wildman–Crippen MR) is 79.9 cm³/mol. The zero-order chi connectivity index (χ0) is 15.3. The fourth-order valence-electron chi connectivity index (χ4n) is 2.83. The number of hydrogen-bond donors (Lipinski definition) is 1. The van der Waals surface area contributed by atoms with Crippen LogP contribution in [0.4, 0.5) is 5.82 Å². The largest absolute Gasteiger partial charge is 0.463 e. The Hall–Kier alpha value is -3.39. The third-order valence-electron chi connectivity index (χ3n) is 3.76. The average Bonchev–Trinajstić information content (AvgIpc) is 3.15. The molecule has 1 aliphatic rings. The molecule has 0 spiro atoms. The lowest BCUT2D eigenvalue weighted by Gasteiger charge is -2.09. The van der Waals surface area contributed by atoms with E-state index < -0.39 is 0 Å². The number of fused-ring (bicyclic) bond motifs is 3. The number of nitrogens with zero attached hydrogens (tertiary/aromatic N) is 2. The summed E-state index contributed by atoms with van der Waals surface area (Å²) in [5.41, 5.74) is 8.71. The van der Waals surface area contributed by atoms with Crippen LogP contribution in [-0.2, 0) is 0 Å². The third kappa shape index (κ3) is 1.46. The van der Waals surface area contributed by atoms with Gasteiger partial charge in [-0.1, -0.05) is 24.3 Å². The van der Waals surface area contributed by atoms with Gasteiger partial charge >= 0.3 is 0 Å². The zero-order valence-corrected chi connectivity index (χ0v) is 11.3. The van der Waals surface area contributed by atoms with Gasteiger partial charge in [0.2, 0.25) is 0 Å². The molecule has 4 rings (SSSR count). The number of hydrogen-bond acceptors (Lipinski definition) is 5. The van der Waals surface area contributed by atoms with Crippen LogP contribution < -0.4 is 5.73 Å². The Balaban J connectivity index is 2.17. The van der Waals surface area contributed by atoms with Gasteiger partial charge in [-0.15, -0.1) is 0 Å². The van der Waals surface area contributed by atoms with Crippen LogP contribution in [0.1, 0.15) is 21.5 Å². The van der Waals surface area contributed by atoms with Crippen molar-refractivity contribution in [2.24, 2.45) is 0 Å². The Labute approximate surface area is 125 Å². The van der Waals surface area contributed by atoms with Gasteiger partial charge in [0.25, 0.3) is 0 Å². The molecule has 0 aliphatic heterocycles. The molecule has 3 aromatic rings. The van der Waals surface area contributed by atoms with Crippen molar-refractivity contribution in [3.63, 3.8) is 0 Å². The standard InChI is InChI=1S/C17H9N3O2/c18-8-11-13-9-4-1-2-5-10(9)16(21)14(13)15(20-17(11)19)12-6-3-7-22-12/h1-7H,(H2,19,20). The minimum Gasteiger partial charge on any atom is -0.463 e. The number of nitrogen functional groups attached to an aromatic ring is 1. The van der Waals surface area contributed by atoms with E-state index in [-0.39, 0.29) is 17.2 Å². The molecule has 0 bridgehead atoms. The van der Waals surface area contributed by atoms with E-state index in [0.29, 0.717) is 33.7 Å². The van der Waals surface area contributed by atoms with E-state index in [0.717, 1.165) is 0 Å². The molecule has 0 saturated carbocycles. The molecule has 0 amide bonds. The van der Waals surface area contributed by atoms with Crippen LogP contribution in [0.2, 0.25) is 0 Å². The number of pyridine rings is 1. The van der Waals surface area contributed by atoms with Gasteiger partial charge in [0.15, 0.2) is 11.5 Å². The van der Waals surface area contributed by atoms with Crippen molar-refractivity contribution in [2.75, 3.05) is 5.73 Å². The Kier molecular flexibility index (Phi) is 2.42. The summed E-state index contributed by atoms with van der Waals surface area (Å²) in [5, 5.41) is 9.41. The van der Waals surface area contributed by atoms with E-state index in [2.05, 4.69) is 11.1 Å². The van der Waals surface area contributed by atoms with Gasteiger partial charge in [0, 0.05) is 11.1 Å². The normalized spacial score (nSPS) is 11.9. The molecule has 0 unspecified atom stereocenters. The predicted octanol–water partition coefficient (Wildman–Crippen LogP) is 3.01. The first-order chi connectivity index (χ1) is 10.7. The monoisotopic (exact) mass is 287 g/mol. The van der Waals surface area contributed by atoms with Crippen LogP contribution in [0.25, 0.3) is 22.6 Å². The molecule has 0 atom stereocenters. The number of carbonyl (C=O) groups is 1.